The molecule has 1 aromatic heterocycles. The van der Waals surface area contributed by atoms with Crippen molar-refractivity contribution in [1.29, 1.82) is 0 Å². The third kappa shape index (κ3) is 3.92. The minimum atomic E-state index is -0.0635. The highest BCUT2D eigenvalue weighted by Gasteiger charge is 2.18. The molecule has 124 valence electrons. The second-order valence-corrected chi connectivity index (χ2v) is 5.86. The molecule has 0 amide bonds. The van der Waals surface area contributed by atoms with Crippen LogP contribution in [0.4, 0.5) is 5.69 Å². The summed E-state index contributed by atoms with van der Waals surface area (Å²) in [6.45, 7) is 10.9. The molecule has 0 aliphatic rings. The van der Waals surface area contributed by atoms with Crippen LogP contribution in [0.2, 0.25) is 0 Å². The van der Waals surface area contributed by atoms with Gasteiger partial charge < -0.3 is 10.1 Å². The van der Waals surface area contributed by atoms with Gasteiger partial charge in [0.25, 0.3) is 5.91 Å². The summed E-state index contributed by atoms with van der Waals surface area (Å²) in [6.07, 6.45) is 0. The Balaban J connectivity index is 2.04. The number of rotatable bonds is 6. The van der Waals surface area contributed by atoms with Crippen molar-refractivity contribution in [2.75, 3.05) is 18.5 Å². The highest BCUT2D eigenvalue weighted by atomic mass is 16.5. The quantitative estimate of drug-likeness (QED) is 0.881. The lowest BCUT2D eigenvalue weighted by Crippen LogP contribution is -2.23. The van der Waals surface area contributed by atoms with Gasteiger partial charge in [0.15, 0.2) is 0 Å². The molecule has 5 nitrogen and oxygen atoms in total. The highest BCUT2D eigenvalue weighted by molar-refractivity contribution is 5.83. The highest BCUT2D eigenvalue weighted by Crippen LogP contribution is 2.22. The summed E-state index contributed by atoms with van der Waals surface area (Å²) in [7, 11) is 0. The predicted octanol–water partition coefficient (Wildman–Crippen LogP) is 3.77. The Morgan fingerprint density at radius 3 is 2.43 bits per heavy atom. The van der Waals surface area contributed by atoms with E-state index < -0.39 is 0 Å². The Kier molecular flexibility index (Phi) is 5.42. The van der Waals surface area contributed by atoms with E-state index >= 15 is 0 Å². The lowest BCUT2D eigenvalue weighted by molar-refractivity contribution is 0.0910. The molecule has 1 aromatic carbocycles. The smallest absolute Gasteiger partial charge is 0.266 e. The van der Waals surface area contributed by atoms with Crippen LogP contribution in [0.3, 0.4) is 0 Å². The molecule has 1 heterocycles. The van der Waals surface area contributed by atoms with Crippen molar-refractivity contribution in [3.05, 3.63) is 41.2 Å². The van der Waals surface area contributed by atoms with Gasteiger partial charge in [-0.25, -0.2) is 4.68 Å². The first-order valence-electron chi connectivity index (χ1n) is 8.00. The summed E-state index contributed by atoms with van der Waals surface area (Å²) < 4.78 is 6.91. The Bertz CT molecular complexity index is 672. The molecule has 0 atom stereocenters. The maximum Gasteiger partial charge on any atom is 0.266 e. The van der Waals surface area contributed by atoms with Gasteiger partial charge in [-0.1, -0.05) is 13.8 Å². The van der Waals surface area contributed by atoms with Gasteiger partial charge in [0, 0.05) is 11.4 Å². The summed E-state index contributed by atoms with van der Waals surface area (Å²) in [5.41, 5.74) is 3.88. The van der Waals surface area contributed by atoms with Crippen molar-refractivity contribution in [3.8, 4) is 5.75 Å². The van der Waals surface area contributed by atoms with Crippen LogP contribution in [0.5, 0.6) is 5.75 Å². The molecule has 0 saturated carbocycles. The van der Waals surface area contributed by atoms with E-state index in [-0.39, 0.29) is 12.5 Å². The van der Waals surface area contributed by atoms with E-state index in [0.717, 1.165) is 28.4 Å². The summed E-state index contributed by atoms with van der Waals surface area (Å²) in [5, 5.41) is 7.52. The monoisotopic (exact) mass is 315 g/mol. The summed E-state index contributed by atoms with van der Waals surface area (Å²) in [5.74, 6) is 1.12. The van der Waals surface area contributed by atoms with Crippen molar-refractivity contribution in [3.63, 3.8) is 0 Å². The number of aryl methyl sites for hydroxylation is 1. The number of hydrogen-bond acceptors (Lipinski definition) is 4. The molecule has 0 aliphatic heterocycles. The SMILES string of the molecule is CCOc1ccc(NCC(=O)n2nc(C)c(C(C)C)c2C)cc1. The van der Waals surface area contributed by atoms with Gasteiger partial charge in [0.05, 0.1) is 18.8 Å². The van der Waals surface area contributed by atoms with E-state index in [0.29, 0.717) is 12.5 Å². The van der Waals surface area contributed by atoms with Crippen LogP contribution in [-0.2, 0) is 0 Å². The van der Waals surface area contributed by atoms with Gasteiger partial charge in [-0.15, -0.1) is 0 Å². The van der Waals surface area contributed by atoms with Crippen molar-refractivity contribution >= 4 is 11.6 Å². The van der Waals surface area contributed by atoms with E-state index in [4.69, 9.17) is 4.74 Å². The Morgan fingerprint density at radius 1 is 1.26 bits per heavy atom. The number of anilines is 1. The van der Waals surface area contributed by atoms with Gasteiger partial charge in [-0.3, -0.25) is 4.79 Å². The maximum absolute atomic E-state index is 12.4. The number of hydrogen-bond donors (Lipinski definition) is 1. The fraction of sp³-hybridized carbons (Fsp3) is 0.444. The molecule has 0 radical (unpaired) electrons. The molecule has 0 fully saturated rings. The third-order valence-electron chi connectivity index (χ3n) is 3.77. The molecule has 0 saturated heterocycles. The molecule has 23 heavy (non-hydrogen) atoms. The Hall–Kier alpha value is -2.30. The number of aromatic nitrogens is 2. The lowest BCUT2D eigenvalue weighted by Gasteiger charge is -2.09. The van der Waals surface area contributed by atoms with E-state index in [1.807, 2.05) is 45.0 Å². The third-order valence-corrected chi connectivity index (χ3v) is 3.77. The van der Waals surface area contributed by atoms with Gasteiger partial charge >= 0.3 is 0 Å². The predicted molar refractivity (Wildman–Crippen MR) is 92.5 cm³/mol. The normalized spacial score (nSPS) is 10.9. The second kappa shape index (κ2) is 7.31. The minimum absolute atomic E-state index is 0.0635. The van der Waals surface area contributed by atoms with Gasteiger partial charge in [-0.2, -0.15) is 5.10 Å². The van der Waals surface area contributed by atoms with E-state index in [1.165, 1.54) is 4.68 Å². The maximum atomic E-state index is 12.4. The van der Waals surface area contributed by atoms with Crippen LogP contribution in [0.15, 0.2) is 24.3 Å². The first-order valence-corrected chi connectivity index (χ1v) is 8.00. The average molecular weight is 315 g/mol. The molecular formula is C18H25N3O2. The van der Waals surface area contributed by atoms with Crippen LogP contribution in [0.1, 0.15) is 48.4 Å². The van der Waals surface area contributed by atoms with E-state index in [2.05, 4.69) is 24.3 Å². The molecule has 2 aromatic rings. The van der Waals surface area contributed by atoms with E-state index in [9.17, 15) is 4.79 Å². The van der Waals surface area contributed by atoms with Crippen LogP contribution in [0, 0.1) is 13.8 Å². The van der Waals surface area contributed by atoms with Gasteiger partial charge in [0.1, 0.15) is 5.75 Å². The Morgan fingerprint density at radius 2 is 1.91 bits per heavy atom. The topological polar surface area (TPSA) is 56.1 Å². The molecule has 0 aliphatic carbocycles. The van der Waals surface area contributed by atoms with Gasteiger partial charge in [-0.05, 0) is 56.5 Å². The fourth-order valence-corrected chi connectivity index (χ4v) is 2.82. The summed E-state index contributed by atoms with van der Waals surface area (Å²) in [4.78, 5) is 12.4. The second-order valence-electron chi connectivity index (χ2n) is 5.86. The summed E-state index contributed by atoms with van der Waals surface area (Å²) in [6, 6.07) is 7.57. The van der Waals surface area contributed by atoms with E-state index in [1.54, 1.807) is 0 Å². The van der Waals surface area contributed by atoms with Gasteiger partial charge in [0.2, 0.25) is 0 Å². The van der Waals surface area contributed by atoms with Crippen LogP contribution >= 0.6 is 0 Å². The summed E-state index contributed by atoms with van der Waals surface area (Å²) >= 11 is 0. The van der Waals surface area contributed by atoms with Crippen molar-refractivity contribution in [2.24, 2.45) is 0 Å². The number of benzene rings is 1. The van der Waals surface area contributed by atoms with Crippen LogP contribution in [-0.4, -0.2) is 28.8 Å². The first-order chi connectivity index (χ1) is 10.9. The molecular weight excluding hydrogens is 290 g/mol. The van der Waals surface area contributed by atoms with Crippen LogP contribution < -0.4 is 10.1 Å². The van der Waals surface area contributed by atoms with Crippen molar-refractivity contribution < 1.29 is 9.53 Å². The number of carbonyl (C=O) groups excluding carboxylic acids is 1. The molecule has 5 heteroatoms. The lowest BCUT2D eigenvalue weighted by atomic mass is 10.0. The fourth-order valence-electron chi connectivity index (χ4n) is 2.82. The average Bonchev–Trinajstić information content (AvgIpc) is 2.81. The number of nitrogens with zero attached hydrogens (tertiary/aromatic N) is 2. The van der Waals surface area contributed by atoms with Crippen LogP contribution in [0.25, 0.3) is 0 Å². The number of ether oxygens (including phenoxy) is 1. The molecule has 1 N–H and O–H groups in total. The Labute approximate surface area is 137 Å². The minimum Gasteiger partial charge on any atom is -0.494 e. The number of nitrogens with one attached hydrogen (secondary N) is 1. The van der Waals surface area contributed by atoms with Crippen molar-refractivity contribution in [2.45, 2.75) is 40.5 Å². The molecule has 0 spiro atoms. The largest absolute Gasteiger partial charge is 0.494 e. The number of carbonyl (C=O) groups is 1. The van der Waals surface area contributed by atoms with Crippen molar-refractivity contribution in [1.82, 2.24) is 9.78 Å². The molecule has 2 rings (SSSR count). The zero-order valence-electron chi connectivity index (χ0n) is 14.5. The zero-order valence-corrected chi connectivity index (χ0v) is 14.5. The zero-order chi connectivity index (χ0) is 17.0. The standard InChI is InChI=1S/C18H25N3O2/c1-6-23-16-9-7-15(8-10-16)19-11-17(22)21-14(5)18(12(2)3)13(4)20-21/h7-10,12,19H,6,11H2,1-5H3. The first kappa shape index (κ1) is 17.1. The molecule has 0 bridgehead atoms. The molecule has 0 unspecified atom stereocenters.